The fraction of sp³-hybridized carbons (Fsp3) is 0.458. The van der Waals surface area contributed by atoms with Crippen molar-refractivity contribution in [2.75, 3.05) is 19.6 Å². The fourth-order valence-electron chi connectivity index (χ4n) is 4.23. The summed E-state index contributed by atoms with van der Waals surface area (Å²) in [6, 6.07) is 12.2. The fourth-order valence-corrected chi connectivity index (χ4v) is 4.23. The third kappa shape index (κ3) is 4.84. The third-order valence-electron chi connectivity index (χ3n) is 5.87. The van der Waals surface area contributed by atoms with Gasteiger partial charge in [-0.05, 0) is 49.8 Å². The number of nitrogens with one attached hydrogen (secondary N) is 1. The number of aromatic nitrogens is 1. The van der Waals surface area contributed by atoms with Crippen molar-refractivity contribution in [1.29, 1.82) is 0 Å². The van der Waals surface area contributed by atoms with Crippen molar-refractivity contribution in [3.63, 3.8) is 0 Å². The summed E-state index contributed by atoms with van der Waals surface area (Å²) in [6.45, 7) is 5.88. The maximum atomic E-state index is 13.1. The average molecular weight is 394 g/mol. The number of piperidine rings is 1. The molecule has 0 unspecified atom stereocenters. The zero-order valence-electron chi connectivity index (χ0n) is 17.5. The van der Waals surface area contributed by atoms with Crippen LogP contribution < -0.4 is 5.32 Å². The van der Waals surface area contributed by atoms with Crippen LogP contribution in [0.2, 0.25) is 0 Å². The van der Waals surface area contributed by atoms with E-state index in [0.717, 1.165) is 23.1 Å². The van der Waals surface area contributed by atoms with E-state index in [1.807, 2.05) is 43.1 Å². The number of hydrogen-bond acceptors (Lipinski definition) is 3. The van der Waals surface area contributed by atoms with Crippen LogP contribution in [0, 0.1) is 5.41 Å². The Hall–Kier alpha value is -2.69. The molecule has 29 heavy (non-hydrogen) atoms. The molecule has 1 aromatic carbocycles. The van der Waals surface area contributed by atoms with Gasteiger partial charge in [-0.25, -0.2) is 0 Å². The maximum absolute atomic E-state index is 13.1. The van der Waals surface area contributed by atoms with Crippen LogP contribution in [0.1, 0.15) is 45.1 Å². The first-order chi connectivity index (χ1) is 14.1. The lowest BCUT2D eigenvalue weighted by atomic mass is 9.72. The van der Waals surface area contributed by atoms with Gasteiger partial charge in [-0.15, -0.1) is 0 Å². The van der Waals surface area contributed by atoms with Gasteiger partial charge in [0.05, 0.1) is 5.41 Å². The van der Waals surface area contributed by atoms with E-state index in [1.165, 1.54) is 0 Å². The highest BCUT2D eigenvalue weighted by Crippen LogP contribution is 2.38. The molecule has 5 nitrogen and oxygen atoms in total. The van der Waals surface area contributed by atoms with Crippen LogP contribution >= 0.6 is 0 Å². The van der Waals surface area contributed by atoms with Gasteiger partial charge in [0.15, 0.2) is 0 Å². The smallest absolute Gasteiger partial charge is 0.226 e. The number of rotatable bonds is 7. The van der Waals surface area contributed by atoms with Crippen LogP contribution in [0.5, 0.6) is 0 Å². The molecule has 1 fully saturated rings. The molecular formula is C24H31N3O2. The summed E-state index contributed by atoms with van der Waals surface area (Å²) in [4.78, 5) is 31.6. The first kappa shape index (κ1) is 21.0. The van der Waals surface area contributed by atoms with Crippen LogP contribution in [0.4, 0.5) is 0 Å². The molecule has 0 spiro atoms. The van der Waals surface area contributed by atoms with E-state index in [-0.39, 0.29) is 11.8 Å². The Bertz CT molecular complexity index is 827. The predicted molar refractivity (Wildman–Crippen MR) is 115 cm³/mol. The molecule has 2 amide bonds. The van der Waals surface area contributed by atoms with E-state index < -0.39 is 5.41 Å². The number of carbonyl (C=O) groups is 2. The molecule has 0 atom stereocenters. The first-order valence-corrected chi connectivity index (χ1v) is 10.6. The number of nitrogens with zero attached hydrogens (tertiary/aromatic N) is 2. The quantitative estimate of drug-likeness (QED) is 0.777. The molecular weight excluding hydrogens is 362 g/mol. The van der Waals surface area contributed by atoms with Gasteiger partial charge in [-0.2, -0.15) is 0 Å². The van der Waals surface area contributed by atoms with E-state index in [0.29, 0.717) is 45.3 Å². The van der Waals surface area contributed by atoms with Crippen molar-refractivity contribution in [2.45, 2.75) is 46.0 Å². The molecule has 1 aliphatic heterocycles. The summed E-state index contributed by atoms with van der Waals surface area (Å²) in [7, 11) is 0. The topological polar surface area (TPSA) is 62.3 Å². The second-order valence-electron chi connectivity index (χ2n) is 7.85. The summed E-state index contributed by atoms with van der Waals surface area (Å²) < 4.78 is 0. The van der Waals surface area contributed by atoms with E-state index in [2.05, 4.69) is 28.5 Å². The summed E-state index contributed by atoms with van der Waals surface area (Å²) in [5, 5.41) is 3.05. The molecule has 2 heterocycles. The largest absolute Gasteiger partial charge is 0.356 e. The second-order valence-corrected chi connectivity index (χ2v) is 7.85. The number of benzene rings is 1. The van der Waals surface area contributed by atoms with Gasteiger partial charge < -0.3 is 10.2 Å². The van der Waals surface area contributed by atoms with Gasteiger partial charge >= 0.3 is 0 Å². The van der Waals surface area contributed by atoms with Crippen molar-refractivity contribution in [2.24, 2.45) is 5.41 Å². The lowest BCUT2D eigenvalue weighted by Gasteiger charge is -2.41. The zero-order valence-corrected chi connectivity index (χ0v) is 17.5. The number of pyridine rings is 1. The van der Waals surface area contributed by atoms with Gasteiger partial charge in [0.1, 0.15) is 0 Å². The summed E-state index contributed by atoms with van der Waals surface area (Å²) in [6.07, 6.45) is 7.12. The van der Waals surface area contributed by atoms with E-state index in [4.69, 9.17) is 0 Å². The molecule has 0 aliphatic carbocycles. The van der Waals surface area contributed by atoms with Crippen LogP contribution in [0.25, 0.3) is 11.1 Å². The zero-order chi connectivity index (χ0) is 20.7. The van der Waals surface area contributed by atoms with Crippen LogP contribution in [-0.4, -0.2) is 41.3 Å². The highest BCUT2D eigenvalue weighted by molar-refractivity contribution is 5.84. The van der Waals surface area contributed by atoms with Crippen molar-refractivity contribution in [3.05, 3.63) is 54.4 Å². The number of hydrogen-bond donors (Lipinski definition) is 1. The Labute approximate surface area is 173 Å². The van der Waals surface area contributed by atoms with Crippen LogP contribution in [0.15, 0.2) is 48.8 Å². The van der Waals surface area contributed by atoms with Crippen molar-refractivity contribution in [3.8, 4) is 11.1 Å². The predicted octanol–water partition coefficient (Wildman–Crippen LogP) is 3.84. The maximum Gasteiger partial charge on any atom is 0.226 e. The Morgan fingerprint density at radius 2 is 1.86 bits per heavy atom. The van der Waals surface area contributed by atoms with Gasteiger partial charge in [-0.3, -0.25) is 14.6 Å². The van der Waals surface area contributed by atoms with Crippen molar-refractivity contribution in [1.82, 2.24) is 15.2 Å². The second kappa shape index (κ2) is 9.68. The Kier molecular flexibility index (Phi) is 7.02. The highest BCUT2D eigenvalue weighted by Gasteiger charge is 2.42. The molecule has 0 bridgehead atoms. The lowest BCUT2D eigenvalue weighted by Crippen LogP contribution is -2.51. The molecule has 1 aliphatic rings. The average Bonchev–Trinajstić information content (AvgIpc) is 2.75. The molecule has 0 radical (unpaired) electrons. The molecule has 1 saturated heterocycles. The number of amides is 2. The summed E-state index contributed by atoms with van der Waals surface area (Å²) >= 11 is 0. The Morgan fingerprint density at radius 3 is 2.52 bits per heavy atom. The third-order valence-corrected chi connectivity index (χ3v) is 5.87. The highest BCUT2D eigenvalue weighted by atomic mass is 16.2. The number of likely N-dealkylation sites (tertiary alicyclic amines) is 1. The minimum atomic E-state index is -0.489. The van der Waals surface area contributed by atoms with E-state index >= 15 is 0 Å². The van der Waals surface area contributed by atoms with E-state index in [1.54, 1.807) is 6.20 Å². The molecule has 1 aromatic heterocycles. The first-order valence-electron chi connectivity index (χ1n) is 10.6. The lowest BCUT2D eigenvalue weighted by molar-refractivity contribution is -0.140. The SMILES string of the molecule is CCCC(=O)N1CCC(Cc2ccccc2-c2cccnc2)(C(=O)NCC)CC1. The molecule has 1 N–H and O–H groups in total. The minimum Gasteiger partial charge on any atom is -0.356 e. The van der Waals surface area contributed by atoms with Crippen LogP contribution in [-0.2, 0) is 16.0 Å². The minimum absolute atomic E-state index is 0.101. The Morgan fingerprint density at radius 1 is 1.10 bits per heavy atom. The summed E-state index contributed by atoms with van der Waals surface area (Å²) in [5.74, 6) is 0.302. The van der Waals surface area contributed by atoms with Gasteiger partial charge in [0, 0.05) is 44.0 Å². The van der Waals surface area contributed by atoms with Gasteiger partial charge in [0.2, 0.25) is 11.8 Å². The number of carbonyl (C=O) groups excluding carboxylic acids is 2. The van der Waals surface area contributed by atoms with Crippen molar-refractivity contribution >= 4 is 11.8 Å². The van der Waals surface area contributed by atoms with Gasteiger partial charge in [-0.1, -0.05) is 37.3 Å². The molecule has 3 rings (SSSR count). The summed E-state index contributed by atoms with van der Waals surface area (Å²) in [5.41, 5.74) is 2.84. The van der Waals surface area contributed by atoms with Crippen molar-refractivity contribution < 1.29 is 9.59 Å². The molecule has 0 saturated carbocycles. The van der Waals surface area contributed by atoms with Crippen LogP contribution in [0.3, 0.4) is 0 Å². The van der Waals surface area contributed by atoms with E-state index in [9.17, 15) is 9.59 Å². The normalized spacial score (nSPS) is 15.7. The Balaban J connectivity index is 1.87. The monoisotopic (exact) mass is 393 g/mol. The molecule has 5 heteroatoms. The molecule has 154 valence electrons. The van der Waals surface area contributed by atoms with Gasteiger partial charge in [0.25, 0.3) is 0 Å². The standard InChI is InChI=1S/C24H31N3O2/c1-3-8-22(28)27-15-12-24(13-16-27,23(29)26-4-2)17-19-9-5-6-11-21(19)20-10-7-14-25-18-20/h5-7,9-11,14,18H,3-4,8,12-13,15-17H2,1-2H3,(H,26,29). The molecule has 2 aromatic rings.